The van der Waals surface area contributed by atoms with Crippen LogP contribution in [0.3, 0.4) is 0 Å². The average molecular weight is 342 g/mol. The molecule has 0 aliphatic carbocycles. The highest BCUT2D eigenvalue weighted by Crippen LogP contribution is 2.22. The Hall–Kier alpha value is -1.83. The summed E-state index contributed by atoms with van der Waals surface area (Å²) in [5.74, 6) is -0.722. The van der Waals surface area contributed by atoms with E-state index in [0.717, 1.165) is 6.42 Å². The molecule has 8 heteroatoms. The lowest BCUT2D eigenvalue weighted by Crippen LogP contribution is -2.51. The van der Waals surface area contributed by atoms with Crippen LogP contribution in [0.1, 0.15) is 47.0 Å². The minimum absolute atomic E-state index is 0.0650. The predicted octanol–water partition coefficient (Wildman–Crippen LogP) is 1.18. The van der Waals surface area contributed by atoms with Gasteiger partial charge in [0.2, 0.25) is 12.2 Å². The fraction of sp³-hybridized carbons (Fsp3) is 0.812. The number of nitrogens with one attached hydrogen (secondary N) is 1. The first kappa shape index (κ1) is 18.5. The summed E-state index contributed by atoms with van der Waals surface area (Å²) < 4.78 is 15.7. The molecule has 3 unspecified atom stereocenters. The van der Waals surface area contributed by atoms with Gasteiger partial charge in [-0.3, -0.25) is 14.5 Å². The first-order valence-electron chi connectivity index (χ1n) is 8.32. The summed E-state index contributed by atoms with van der Waals surface area (Å²) in [5, 5.41) is 2.77. The summed E-state index contributed by atoms with van der Waals surface area (Å²) in [4.78, 5) is 37.7. The Labute approximate surface area is 141 Å². The molecule has 2 aliphatic heterocycles. The van der Waals surface area contributed by atoms with E-state index in [4.69, 9.17) is 14.2 Å². The monoisotopic (exact) mass is 342 g/mol. The smallest absolute Gasteiger partial charge is 0.410 e. The number of cyclic esters (lactones) is 1. The van der Waals surface area contributed by atoms with Crippen LogP contribution in [-0.2, 0) is 23.8 Å². The predicted molar refractivity (Wildman–Crippen MR) is 84.0 cm³/mol. The van der Waals surface area contributed by atoms with Crippen LogP contribution in [0, 0.1) is 0 Å². The number of rotatable bonds is 4. The van der Waals surface area contributed by atoms with Crippen molar-refractivity contribution in [1.29, 1.82) is 0 Å². The summed E-state index contributed by atoms with van der Waals surface area (Å²) in [6.45, 7) is 7.98. The SMILES string of the molecule is CCOC1OC(=O)CC1NC(=O)C1CCCN1C(=O)OC(C)(C)C. The Morgan fingerprint density at radius 1 is 1.38 bits per heavy atom. The van der Waals surface area contributed by atoms with Gasteiger partial charge in [0.1, 0.15) is 17.7 Å². The summed E-state index contributed by atoms with van der Waals surface area (Å²) in [5.41, 5.74) is -0.619. The largest absolute Gasteiger partial charge is 0.444 e. The van der Waals surface area contributed by atoms with Crippen molar-refractivity contribution < 1.29 is 28.6 Å². The van der Waals surface area contributed by atoms with Gasteiger partial charge in [0.05, 0.1) is 6.42 Å². The van der Waals surface area contributed by atoms with E-state index in [2.05, 4.69) is 5.32 Å². The number of hydrogen-bond acceptors (Lipinski definition) is 6. The van der Waals surface area contributed by atoms with E-state index in [-0.39, 0.29) is 12.3 Å². The number of likely N-dealkylation sites (tertiary alicyclic amines) is 1. The van der Waals surface area contributed by atoms with Gasteiger partial charge in [-0.2, -0.15) is 0 Å². The second kappa shape index (κ2) is 7.38. The Morgan fingerprint density at radius 3 is 2.71 bits per heavy atom. The molecular formula is C16H26N2O6. The second-order valence-corrected chi connectivity index (χ2v) is 6.96. The second-order valence-electron chi connectivity index (χ2n) is 6.96. The molecule has 0 spiro atoms. The summed E-state index contributed by atoms with van der Waals surface area (Å²) in [6, 6.07) is -1.14. The zero-order valence-electron chi connectivity index (χ0n) is 14.7. The van der Waals surface area contributed by atoms with Crippen LogP contribution >= 0.6 is 0 Å². The van der Waals surface area contributed by atoms with Gasteiger partial charge >= 0.3 is 12.1 Å². The number of nitrogens with zero attached hydrogens (tertiary/aromatic N) is 1. The number of carbonyl (C=O) groups is 3. The molecular weight excluding hydrogens is 316 g/mol. The van der Waals surface area contributed by atoms with Gasteiger partial charge in [-0.15, -0.1) is 0 Å². The van der Waals surface area contributed by atoms with Crippen molar-refractivity contribution in [2.45, 2.75) is 70.9 Å². The van der Waals surface area contributed by atoms with Crippen LogP contribution in [0.25, 0.3) is 0 Å². The molecule has 0 aromatic heterocycles. The van der Waals surface area contributed by atoms with Crippen LogP contribution in [-0.4, -0.2) is 60.0 Å². The van der Waals surface area contributed by atoms with E-state index in [9.17, 15) is 14.4 Å². The van der Waals surface area contributed by atoms with Crippen LogP contribution in [0.4, 0.5) is 4.79 Å². The fourth-order valence-corrected chi connectivity index (χ4v) is 2.83. The number of carbonyl (C=O) groups excluding carboxylic acids is 3. The van der Waals surface area contributed by atoms with Gasteiger partial charge in [-0.25, -0.2) is 4.79 Å². The highest BCUT2D eigenvalue weighted by molar-refractivity contribution is 5.87. The van der Waals surface area contributed by atoms with E-state index in [1.807, 2.05) is 0 Å². The molecule has 0 radical (unpaired) electrons. The van der Waals surface area contributed by atoms with Crippen LogP contribution in [0.5, 0.6) is 0 Å². The molecule has 0 aromatic carbocycles. The topological polar surface area (TPSA) is 94.2 Å². The molecule has 8 nitrogen and oxygen atoms in total. The number of ether oxygens (including phenoxy) is 3. The van der Waals surface area contributed by atoms with Gasteiger partial charge in [0.25, 0.3) is 0 Å². The van der Waals surface area contributed by atoms with Crippen LogP contribution in [0.2, 0.25) is 0 Å². The highest BCUT2D eigenvalue weighted by atomic mass is 16.7. The average Bonchev–Trinajstić information content (AvgIpc) is 3.04. The summed E-state index contributed by atoms with van der Waals surface area (Å²) in [7, 11) is 0. The third kappa shape index (κ3) is 4.59. The molecule has 2 amide bonds. The maximum atomic E-state index is 12.6. The van der Waals surface area contributed by atoms with Gasteiger partial charge in [-0.05, 0) is 40.5 Å². The number of amides is 2. The van der Waals surface area contributed by atoms with Crippen molar-refractivity contribution in [2.24, 2.45) is 0 Å². The van der Waals surface area contributed by atoms with Crippen LogP contribution in [0.15, 0.2) is 0 Å². The van der Waals surface area contributed by atoms with E-state index >= 15 is 0 Å². The molecule has 0 bridgehead atoms. The van der Waals surface area contributed by atoms with Gasteiger partial charge < -0.3 is 19.5 Å². The van der Waals surface area contributed by atoms with E-state index in [0.29, 0.717) is 19.6 Å². The Balaban J connectivity index is 1.97. The molecule has 0 saturated carbocycles. The molecule has 2 saturated heterocycles. The molecule has 2 rings (SSSR count). The third-order valence-corrected chi connectivity index (χ3v) is 3.80. The van der Waals surface area contributed by atoms with E-state index < -0.39 is 36.0 Å². The molecule has 2 fully saturated rings. The van der Waals surface area contributed by atoms with Crippen molar-refractivity contribution in [3.05, 3.63) is 0 Å². The lowest BCUT2D eigenvalue weighted by molar-refractivity contribution is -0.164. The summed E-state index contributed by atoms with van der Waals surface area (Å²) in [6.07, 6.45) is 0.0800. The minimum atomic E-state index is -0.775. The Kier molecular flexibility index (Phi) is 5.69. The molecule has 3 atom stereocenters. The number of esters is 1. The summed E-state index contributed by atoms with van der Waals surface area (Å²) >= 11 is 0. The Morgan fingerprint density at radius 2 is 2.08 bits per heavy atom. The van der Waals surface area contributed by atoms with Gasteiger partial charge in [0.15, 0.2) is 0 Å². The van der Waals surface area contributed by atoms with Crippen LogP contribution < -0.4 is 5.32 Å². The van der Waals surface area contributed by atoms with Crippen molar-refractivity contribution in [3.8, 4) is 0 Å². The standard InChI is InChI=1S/C16H26N2O6/c1-5-22-14-10(9-12(19)23-14)17-13(20)11-7-6-8-18(11)15(21)24-16(2,3)4/h10-11,14H,5-9H2,1-4H3,(H,17,20). The van der Waals surface area contributed by atoms with Gasteiger partial charge in [-0.1, -0.05) is 0 Å². The maximum Gasteiger partial charge on any atom is 0.410 e. The maximum absolute atomic E-state index is 12.6. The lowest BCUT2D eigenvalue weighted by atomic mass is 10.1. The third-order valence-electron chi connectivity index (χ3n) is 3.80. The zero-order chi connectivity index (χ0) is 17.9. The quantitative estimate of drug-likeness (QED) is 0.771. The number of hydrogen-bond donors (Lipinski definition) is 1. The lowest BCUT2D eigenvalue weighted by Gasteiger charge is -2.29. The molecule has 24 heavy (non-hydrogen) atoms. The minimum Gasteiger partial charge on any atom is -0.444 e. The first-order valence-corrected chi connectivity index (χ1v) is 8.32. The van der Waals surface area contributed by atoms with Crippen molar-refractivity contribution >= 4 is 18.0 Å². The van der Waals surface area contributed by atoms with Gasteiger partial charge in [0, 0.05) is 13.2 Å². The zero-order valence-corrected chi connectivity index (χ0v) is 14.7. The molecule has 0 aromatic rings. The molecule has 1 N–H and O–H groups in total. The molecule has 2 aliphatic rings. The highest BCUT2D eigenvalue weighted by Gasteiger charge is 2.41. The van der Waals surface area contributed by atoms with E-state index in [1.54, 1.807) is 27.7 Å². The molecule has 2 heterocycles. The first-order chi connectivity index (χ1) is 11.2. The van der Waals surface area contributed by atoms with E-state index in [1.165, 1.54) is 4.90 Å². The fourth-order valence-electron chi connectivity index (χ4n) is 2.83. The van der Waals surface area contributed by atoms with Crippen molar-refractivity contribution in [2.75, 3.05) is 13.2 Å². The van der Waals surface area contributed by atoms with Crippen molar-refractivity contribution in [3.63, 3.8) is 0 Å². The molecule has 136 valence electrons. The Bertz CT molecular complexity index is 501. The normalized spacial score (nSPS) is 27.1. The van der Waals surface area contributed by atoms with Crippen molar-refractivity contribution in [1.82, 2.24) is 10.2 Å².